The molecule has 1 aliphatic heterocycles. The maximum Gasteiger partial charge on any atom is 0.248 e. The summed E-state index contributed by atoms with van der Waals surface area (Å²) in [6.45, 7) is 1.86. The van der Waals surface area contributed by atoms with Crippen molar-refractivity contribution < 1.29 is 9.59 Å². The van der Waals surface area contributed by atoms with Crippen LogP contribution < -0.4 is 16.2 Å². The third-order valence-electron chi connectivity index (χ3n) is 3.63. The Morgan fingerprint density at radius 3 is 2.81 bits per heavy atom. The summed E-state index contributed by atoms with van der Waals surface area (Å²) in [4.78, 5) is 37.4. The molecule has 6 heteroatoms. The first-order valence-electron chi connectivity index (χ1n) is 6.77. The second-order valence-electron chi connectivity index (χ2n) is 5.22. The highest BCUT2D eigenvalue weighted by atomic mass is 16.2. The van der Waals surface area contributed by atoms with Crippen molar-refractivity contribution >= 4 is 28.4 Å². The summed E-state index contributed by atoms with van der Waals surface area (Å²) in [6, 6.07) is 6.41. The Hall–Kier alpha value is -2.63. The number of carbonyl (C=O) groups is 2. The van der Waals surface area contributed by atoms with Crippen molar-refractivity contribution in [1.29, 1.82) is 0 Å². The molecule has 0 bridgehead atoms. The van der Waals surface area contributed by atoms with Gasteiger partial charge in [-0.25, -0.2) is 0 Å². The van der Waals surface area contributed by atoms with Crippen LogP contribution in [0.15, 0.2) is 29.1 Å². The average Bonchev–Trinajstić information content (AvgIpc) is 2.85. The van der Waals surface area contributed by atoms with Crippen LogP contribution in [-0.4, -0.2) is 22.8 Å². The fourth-order valence-electron chi connectivity index (χ4n) is 2.55. The van der Waals surface area contributed by atoms with E-state index in [9.17, 15) is 14.4 Å². The summed E-state index contributed by atoms with van der Waals surface area (Å²) >= 11 is 0. The molecule has 1 aromatic carbocycles. The second-order valence-corrected chi connectivity index (χ2v) is 5.22. The molecule has 1 fully saturated rings. The minimum atomic E-state index is -0.482. The molecule has 2 heterocycles. The maximum atomic E-state index is 12.0. The van der Waals surface area contributed by atoms with Crippen molar-refractivity contribution in [2.24, 2.45) is 0 Å². The van der Waals surface area contributed by atoms with Crippen molar-refractivity contribution in [3.63, 3.8) is 0 Å². The van der Waals surface area contributed by atoms with Gasteiger partial charge in [-0.1, -0.05) is 6.07 Å². The van der Waals surface area contributed by atoms with Crippen molar-refractivity contribution in [3.05, 3.63) is 40.2 Å². The fourth-order valence-corrected chi connectivity index (χ4v) is 2.55. The number of pyridine rings is 1. The van der Waals surface area contributed by atoms with Crippen molar-refractivity contribution in [3.8, 4) is 0 Å². The normalized spacial score (nSPS) is 17.8. The fraction of sp³-hybridized carbons (Fsp3) is 0.267. The molecule has 1 unspecified atom stereocenters. The SMILES string of the molecule is Cc1cc(=O)[nH]c2cc(NC(=O)C3CCC(=O)N3)ccc12. The first kappa shape index (κ1) is 13.4. The highest BCUT2D eigenvalue weighted by Gasteiger charge is 2.27. The van der Waals surface area contributed by atoms with Gasteiger partial charge in [-0.2, -0.15) is 0 Å². The van der Waals surface area contributed by atoms with E-state index in [1.165, 1.54) is 6.07 Å². The number of hydrogen-bond donors (Lipinski definition) is 3. The van der Waals surface area contributed by atoms with E-state index in [4.69, 9.17) is 0 Å². The Kier molecular flexibility index (Phi) is 3.21. The molecule has 6 nitrogen and oxygen atoms in total. The number of benzene rings is 1. The van der Waals surface area contributed by atoms with Gasteiger partial charge in [0.15, 0.2) is 0 Å². The summed E-state index contributed by atoms with van der Waals surface area (Å²) in [5.41, 5.74) is 1.98. The number of hydrogen-bond acceptors (Lipinski definition) is 3. The standard InChI is InChI=1S/C15H15N3O3/c1-8-6-14(20)18-12-7-9(2-3-10(8)12)16-15(21)11-4-5-13(19)17-11/h2-3,6-7,11H,4-5H2,1H3,(H,16,21)(H,17,19)(H,18,20). The summed E-state index contributed by atoms with van der Waals surface area (Å²) in [5, 5.41) is 6.31. The smallest absolute Gasteiger partial charge is 0.248 e. The second kappa shape index (κ2) is 5.05. The molecule has 1 aromatic heterocycles. The van der Waals surface area contributed by atoms with Crippen LogP contribution in [0.1, 0.15) is 18.4 Å². The number of aromatic nitrogens is 1. The molecule has 0 saturated carbocycles. The lowest BCUT2D eigenvalue weighted by Gasteiger charge is -2.11. The number of H-pyrrole nitrogens is 1. The maximum absolute atomic E-state index is 12.0. The molecule has 0 spiro atoms. The lowest BCUT2D eigenvalue weighted by Crippen LogP contribution is -2.37. The zero-order chi connectivity index (χ0) is 15.0. The lowest BCUT2D eigenvalue weighted by atomic mass is 10.1. The number of amides is 2. The number of aryl methyl sites for hydroxylation is 1. The first-order chi connectivity index (χ1) is 10.0. The topological polar surface area (TPSA) is 91.1 Å². The molecule has 1 saturated heterocycles. The molecule has 2 amide bonds. The van der Waals surface area contributed by atoms with Gasteiger partial charge in [-0.3, -0.25) is 14.4 Å². The van der Waals surface area contributed by atoms with Gasteiger partial charge >= 0.3 is 0 Å². The van der Waals surface area contributed by atoms with Crippen LogP contribution in [0.4, 0.5) is 5.69 Å². The number of aromatic amines is 1. The zero-order valence-electron chi connectivity index (χ0n) is 11.5. The van der Waals surface area contributed by atoms with E-state index >= 15 is 0 Å². The van der Waals surface area contributed by atoms with Crippen molar-refractivity contribution in [2.45, 2.75) is 25.8 Å². The van der Waals surface area contributed by atoms with Gasteiger partial charge in [-0.05, 0) is 31.0 Å². The third-order valence-corrected chi connectivity index (χ3v) is 3.63. The zero-order valence-corrected chi connectivity index (χ0v) is 11.5. The van der Waals surface area contributed by atoms with Gasteiger partial charge in [0.2, 0.25) is 17.4 Å². The summed E-state index contributed by atoms with van der Waals surface area (Å²) < 4.78 is 0. The molecule has 1 atom stereocenters. The van der Waals surface area contributed by atoms with Gasteiger partial charge in [0.05, 0.1) is 5.52 Å². The minimum Gasteiger partial charge on any atom is -0.344 e. The number of fused-ring (bicyclic) bond motifs is 1. The minimum absolute atomic E-state index is 0.103. The molecule has 21 heavy (non-hydrogen) atoms. The molecule has 0 radical (unpaired) electrons. The van der Waals surface area contributed by atoms with Crippen LogP contribution in [0, 0.1) is 6.92 Å². The Morgan fingerprint density at radius 2 is 2.10 bits per heavy atom. The van der Waals surface area contributed by atoms with E-state index in [1.54, 1.807) is 12.1 Å². The van der Waals surface area contributed by atoms with Gasteiger partial charge in [0, 0.05) is 23.6 Å². The van der Waals surface area contributed by atoms with E-state index < -0.39 is 6.04 Å². The molecule has 0 aliphatic carbocycles. The lowest BCUT2D eigenvalue weighted by molar-refractivity contribution is -0.122. The molecule has 108 valence electrons. The van der Waals surface area contributed by atoms with Gasteiger partial charge in [0.1, 0.15) is 6.04 Å². The predicted molar refractivity (Wildman–Crippen MR) is 79.1 cm³/mol. The van der Waals surface area contributed by atoms with Crippen molar-refractivity contribution in [1.82, 2.24) is 10.3 Å². The predicted octanol–water partition coefficient (Wildman–Crippen LogP) is 1.05. The van der Waals surface area contributed by atoms with Gasteiger partial charge in [-0.15, -0.1) is 0 Å². The quantitative estimate of drug-likeness (QED) is 0.770. The van der Waals surface area contributed by atoms with E-state index in [1.807, 2.05) is 13.0 Å². The van der Waals surface area contributed by atoms with Crippen LogP contribution in [0.2, 0.25) is 0 Å². The van der Waals surface area contributed by atoms with Crippen LogP contribution in [0.5, 0.6) is 0 Å². The molecular formula is C15H15N3O3. The molecule has 1 aliphatic rings. The van der Waals surface area contributed by atoms with Crippen LogP contribution in [0.3, 0.4) is 0 Å². The molecule has 3 N–H and O–H groups in total. The average molecular weight is 285 g/mol. The summed E-state index contributed by atoms with van der Waals surface area (Å²) in [5.74, 6) is -0.344. The highest BCUT2D eigenvalue weighted by Crippen LogP contribution is 2.19. The monoisotopic (exact) mass is 285 g/mol. The Balaban J connectivity index is 1.86. The van der Waals surface area contributed by atoms with E-state index in [0.717, 1.165) is 10.9 Å². The molecule has 3 rings (SSSR count). The number of carbonyl (C=O) groups excluding carboxylic acids is 2. The van der Waals surface area contributed by atoms with Crippen LogP contribution in [0.25, 0.3) is 10.9 Å². The number of nitrogens with one attached hydrogen (secondary N) is 3. The number of anilines is 1. The molecular weight excluding hydrogens is 270 g/mol. The largest absolute Gasteiger partial charge is 0.344 e. The van der Waals surface area contributed by atoms with Gasteiger partial charge in [0.25, 0.3) is 0 Å². The van der Waals surface area contributed by atoms with E-state index in [2.05, 4.69) is 15.6 Å². The van der Waals surface area contributed by atoms with E-state index in [-0.39, 0.29) is 17.4 Å². The summed E-state index contributed by atoms with van der Waals surface area (Å²) in [7, 11) is 0. The first-order valence-corrected chi connectivity index (χ1v) is 6.77. The Morgan fingerprint density at radius 1 is 1.29 bits per heavy atom. The van der Waals surface area contributed by atoms with Gasteiger partial charge < -0.3 is 15.6 Å². The number of rotatable bonds is 2. The third kappa shape index (κ3) is 2.65. The van der Waals surface area contributed by atoms with Crippen LogP contribution >= 0.6 is 0 Å². The molecule has 2 aromatic rings. The highest BCUT2D eigenvalue weighted by molar-refractivity contribution is 6.00. The van der Waals surface area contributed by atoms with Crippen molar-refractivity contribution in [2.75, 3.05) is 5.32 Å². The summed E-state index contributed by atoms with van der Waals surface area (Å²) in [6.07, 6.45) is 0.885. The Labute approximate surface area is 120 Å². The van der Waals surface area contributed by atoms with E-state index in [0.29, 0.717) is 24.0 Å². The Bertz CT molecular complexity index is 794. The van der Waals surface area contributed by atoms with Crippen LogP contribution in [-0.2, 0) is 9.59 Å².